The van der Waals surface area contributed by atoms with Gasteiger partial charge in [-0.15, -0.1) is 32.8 Å². The predicted octanol–water partition coefficient (Wildman–Crippen LogP) is -5.14. The van der Waals surface area contributed by atoms with E-state index in [1.54, 1.807) is 0 Å². The third kappa shape index (κ3) is 3.61. The third-order valence-electron chi connectivity index (χ3n) is 7.57. The van der Waals surface area contributed by atoms with Crippen LogP contribution in [0.3, 0.4) is 0 Å². The highest BCUT2D eigenvalue weighted by molar-refractivity contribution is 6.69. The number of allylic oxidation sites excluding steroid dienone is 1. The molecular weight excluding hydrogens is 442 g/mol. The van der Waals surface area contributed by atoms with Gasteiger partial charge in [-0.3, -0.25) is 0 Å². The van der Waals surface area contributed by atoms with Crippen molar-refractivity contribution in [2.24, 2.45) is 0 Å². The first-order valence-electron chi connectivity index (χ1n) is 11.7. The summed E-state index contributed by atoms with van der Waals surface area (Å²) in [6, 6.07) is 7.38. The van der Waals surface area contributed by atoms with Crippen LogP contribution in [0, 0.1) is 6.92 Å². The molecule has 0 saturated heterocycles. The van der Waals surface area contributed by atoms with Gasteiger partial charge in [-0.1, -0.05) is 45.5 Å². The van der Waals surface area contributed by atoms with E-state index < -0.39 is 5.82 Å². The number of hydrogen-bond acceptors (Lipinski definition) is 0. The molecule has 12 heteroatoms. The van der Waals surface area contributed by atoms with E-state index in [-0.39, 0.29) is 49.2 Å². The molecule has 38 heavy (non-hydrogen) atoms. The van der Waals surface area contributed by atoms with Crippen LogP contribution in [-0.2, 0) is 0 Å². The molecule has 0 heterocycles. The van der Waals surface area contributed by atoms with Crippen molar-refractivity contribution in [2.45, 2.75) is 12.7 Å². The number of benzene rings is 4. The summed E-state index contributed by atoms with van der Waals surface area (Å²) in [5, 5.41) is 1.19. The van der Waals surface area contributed by atoms with E-state index in [0.717, 1.165) is 11.1 Å². The van der Waals surface area contributed by atoms with Gasteiger partial charge in [0.15, 0.2) is 0 Å². The lowest BCUT2D eigenvalue weighted by Crippen LogP contribution is -2.55. The Bertz CT molecular complexity index is 1720. The fraction of sp³-hybridized carbons (Fsp3) is 0.0769. The van der Waals surface area contributed by atoms with Gasteiger partial charge in [0.25, 0.3) is 0 Å². The van der Waals surface area contributed by atoms with Crippen molar-refractivity contribution in [3.05, 3.63) is 46.4 Å². The second kappa shape index (κ2) is 9.39. The maximum Gasteiger partial charge on any atom is 0.113 e. The maximum absolute atomic E-state index is 6.59. The van der Waals surface area contributed by atoms with E-state index in [2.05, 4.69) is 0 Å². The third-order valence-corrected chi connectivity index (χ3v) is 7.57. The SMILES string of the molecule is [B]C1=C([B])C([B])c2c1c(-c1cccc(-c3c([B])c([B])c([B])c([B])c3[B])c1)c1c([B])c([B])c([B])c([B])c1c2C. The molecule has 1 atom stereocenters. The van der Waals surface area contributed by atoms with Crippen LogP contribution in [-0.4, -0.2) is 94.2 Å². The molecule has 0 amide bonds. The average molecular weight is 450 g/mol. The first kappa shape index (κ1) is 27.2. The highest BCUT2D eigenvalue weighted by Gasteiger charge is 2.30. The lowest BCUT2D eigenvalue weighted by atomic mass is 9.59. The molecule has 148 valence electrons. The number of aryl methyl sites for hydroxylation is 1. The lowest BCUT2D eigenvalue weighted by Gasteiger charge is -2.27. The summed E-state index contributed by atoms with van der Waals surface area (Å²) in [6.07, 6.45) is 0. The number of rotatable bonds is 2. The molecule has 0 aromatic heterocycles. The van der Waals surface area contributed by atoms with Gasteiger partial charge in [-0.2, -0.15) is 0 Å². The molecule has 1 aliphatic rings. The van der Waals surface area contributed by atoms with Crippen LogP contribution in [0.2, 0.25) is 0 Å². The Labute approximate surface area is 240 Å². The number of fused-ring (bicyclic) bond motifs is 2. The summed E-state index contributed by atoms with van der Waals surface area (Å²) in [4.78, 5) is 0. The molecule has 1 aliphatic carbocycles. The largest absolute Gasteiger partial charge is 0.125 e. The van der Waals surface area contributed by atoms with E-state index in [0.29, 0.717) is 49.5 Å². The average Bonchev–Trinajstić information content (AvgIpc) is 3.12. The molecule has 1 unspecified atom stereocenters. The minimum atomic E-state index is -0.654. The first-order valence-corrected chi connectivity index (χ1v) is 11.7. The van der Waals surface area contributed by atoms with Gasteiger partial charge in [-0.05, 0) is 68.5 Å². The molecule has 4 aromatic carbocycles. The summed E-state index contributed by atoms with van der Waals surface area (Å²) in [5.41, 5.74) is 6.92. The van der Waals surface area contributed by atoms with Crippen molar-refractivity contribution in [1.82, 2.24) is 0 Å². The summed E-state index contributed by atoms with van der Waals surface area (Å²) >= 11 is 0. The molecule has 5 rings (SSSR count). The predicted molar refractivity (Wildman–Crippen MR) is 175 cm³/mol. The quantitative estimate of drug-likeness (QED) is 0.269. The van der Waals surface area contributed by atoms with Crippen LogP contribution < -0.4 is 49.2 Å². The summed E-state index contributed by atoms with van der Waals surface area (Å²) in [6.45, 7) is 1.87. The Balaban J connectivity index is 1.96. The maximum atomic E-state index is 6.59. The molecule has 0 aliphatic heterocycles. The van der Waals surface area contributed by atoms with Gasteiger partial charge in [0.05, 0.1) is 7.85 Å². The van der Waals surface area contributed by atoms with Crippen molar-refractivity contribution in [1.29, 1.82) is 0 Å². The Morgan fingerprint density at radius 1 is 0.526 bits per heavy atom. The van der Waals surface area contributed by atoms with Crippen molar-refractivity contribution in [2.75, 3.05) is 0 Å². The molecule has 0 nitrogen and oxygen atoms in total. The summed E-state index contributed by atoms with van der Waals surface area (Å²) < 4.78 is 0. The van der Waals surface area contributed by atoms with Gasteiger partial charge in [0.1, 0.15) is 86.3 Å². The van der Waals surface area contributed by atoms with E-state index in [4.69, 9.17) is 94.2 Å². The van der Waals surface area contributed by atoms with Crippen LogP contribution in [0.1, 0.15) is 22.5 Å². The van der Waals surface area contributed by atoms with Crippen molar-refractivity contribution >= 4 is 160 Å². The van der Waals surface area contributed by atoms with E-state index in [9.17, 15) is 0 Å². The Hall–Kier alpha value is -2.34. The summed E-state index contributed by atoms with van der Waals surface area (Å²) in [5.74, 6) is -0.654. The van der Waals surface area contributed by atoms with Gasteiger partial charge in [-0.25, -0.2) is 0 Å². The van der Waals surface area contributed by atoms with E-state index in [1.807, 2.05) is 31.2 Å². The highest BCUT2D eigenvalue weighted by atomic mass is 14.3. The molecule has 24 radical (unpaired) electrons. The van der Waals surface area contributed by atoms with Crippen molar-refractivity contribution in [3.8, 4) is 22.3 Å². The van der Waals surface area contributed by atoms with E-state index in [1.165, 1.54) is 0 Å². The molecule has 0 spiro atoms. The smallest absolute Gasteiger partial charge is 0.113 e. The Morgan fingerprint density at radius 3 is 1.53 bits per heavy atom. The zero-order chi connectivity index (χ0) is 28.0. The van der Waals surface area contributed by atoms with Gasteiger partial charge < -0.3 is 0 Å². The molecular formula is C26H8B12. The molecule has 0 bridgehead atoms. The molecule has 0 N–H and O–H groups in total. The van der Waals surface area contributed by atoms with Crippen LogP contribution in [0.25, 0.3) is 38.5 Å². The molecule has 4 aromatic rings. The Morgan fingerprint density at radius 2 is 0.974 bits per heavy atom. The van der Waals surface area contributed by atoms with Crippen molar-refractivity contribution < 1.29 is 0 Å². The lowest BCUT2D eigenvalue weighted by molar-refractivity contribution is 1.19. The van der Waals surface area contributed by atoms with E-state index >= 15 is 0 Å². The second-order valence-electron chi connectivity index (χ2n) is 9.56. The van der Waals surface area contributed by atoms with Crippen molar-refractivity contribution in [3.63, 3.8) is 0 Å². The fourth-order valence-corrected chi connectivity index (χ4v) is 5.48. The molecule has 0 saturated carbocycles. The minimum absolute atomic E-state index is 0.126. The van der Waals surface area contributed by atoms with Crippen LogP contribution >= 0.6 is 0 Å². The fourth-order valence-electron chi connectivity index (χ4n) is 5.48. The second-order valence-corrected chi connectivity index (χ2v) is 9.56. The standard InChI is InChI=1S/C26H8B12/c1-6-9-13(19(31)21(33)15(9)27)11(14-10(6)16(28)22(34)25(37)20(14)32)7-3-2-4-8(5-7)12-17(29)23(35)26(38)24(36)18(12)30/h2-5,15H,1H3. The topological polar surface area (TPSA) is 0 Å². The van der Waals surface area contributed by atoms with Crippen LogP contribution in [0.15, 0.2) is 29.7 Å². The first-order chi connectivity index (χ1) is 17.8. The zero-order valence-corrected chi connectivity index (χ0v) is 20.8. The number of hydrogen-bond donors (Lipinski definition) is 0. The zero-order valence-electron chi connectivity index (χ0n) is 20.8. The van der Waals surface area contributed by atoms with Gasteiger partial charge in [0.2, 0.25) is 0 Å². The van der Waals surface area contributed by atoms with Gasteiger partial charge >= 0.3 is 0 Å². The van der Waals surface area contributed by atoms with Crippen LogP contribution in [0.4, 0.5) is 0 Å². The van der Waals surface area contributed by atoms with Crippen LogP contribution in [0.5, 0.6) is 0 Å². The van der Waals surface area contributed by atoms with Gasteiger partial charge in [0, 0.05) is 0 Å². The monoisotopic (exact) mass is 452 g/mol. The normalized spacial score (nSPS) is 14.8. The highest BCUT2D eigenvalue weighted by Crippen LogP contribution is 2.47. The molecule has 0 fully saturated rings. The summed E-state index contributed by atoms with van der Waals surface area (Å²) in [7, 11) is 76.0. The Kier molecular flexibility index (Phi) is 6.73. The minimum Gasteiger partial charge on any atom is -0.125 e.